The van der Waals surface area contributed by atoms with Crippen molar-refractivity contribution in [2.24, 2.45) is 7.05 Å². The molecule has 31 heavy (non-hydrogen) atoms. The van der Waals surface area contributed by atoms with Crippen LogP contribution in [0.4, 0.5) is 0 Å². The van der Waals surface area contributed by atoms with Gasteiger partial charge < -0.3 is 19.7 Å². The number of rotatable bonds is 9. The number of nitrogens with one attached hydrogen (secondary N) is 1. The highest BCUT2D eigenvalue weighted by Crippen LogP contribution is 2.28. The van der Waals surface area contributed by atoms with E-state index in [0.717, 1.165) is 11.1 Å². The third kappa shape index (κ3) is 5.55. The summed E-state index contributed by atoms with van der Waals surface area (Å²) in [7, 11) is 5.04. The maximum atomic E-state index is 13.0. The number of benzene rings is 1. The molecular formula is C22H31N5O4. The number of aromatic nitrogens is 2. The summed E-state index contributed by atoms with van der Waals surface area (Å²) in [5.74, 6) is 1.13. The first-order valence-corrected chi connectivity index (χ1v) is 10.4. The van der Waals surface area contributed by atoms with E-state index in [0.29, 0.717) is 44.2 Å². The number of aryl methyl sites for hydroxylation is 1. The Morgan fingerprint density at radius 3 is 2.68 bits per heavy atom. The molecule has 1 saturated heterocycles. The van der Waals surface area contributed by atoms with Gasteiger partial charge in [-0.1, -0.05) is 6.07 Å². The smallest absolute Gasteiger partial charge is 0.237 e. The highest BCUT2D eigenvalue weighted by atomic mass is 16.5. The van der Waals surface area contributed by atoms with Gasteiger partial charge in [0.2, 0.25) is 11.8 Å². The van der Waals surface area contributed by atoms with E-state index in [1.165, 1.54) is 0 Å². The molecule has 0 radical (unpaired) electrons. The Kier molecular flexibility index (Phi) is 7.51. The van der Waals surface area contributed by atoms with E-state index in [1.807, 2.05) is 38.4 Å². The Hall–Kier alpha value is -3.07. The molecule has 1 aliphatic rings. The first kappa shape index (κ1) is 22.6. The van der Waals surface area contributed by atoms with Gasteiger partial charge >= 0.3 is 0 Å². The number of methoxy groups -OCH3 is 2. The minimum absolute atomic E-state index is 0.0503. The molecule has 1 aliphatic heterocycles. The molecule has 9 heteroatoms. The molecule has 0 bridgehead atoms. The van der Waals surface area contributed by atoms with E-state index in [1.54, 1.807) is 30.0 Å². The van der Waals surface area contributed by atoms with E-state index in [9.17, 15) is 9.59 Å². The van der Waals surface area contributed by atoms with Crippen molar-refractivity contribution in [1.82, 2.24) is 24.9 Å². The van der Waals surface area contributed by atoms with Crippen LogP contribution in [0.1, 0.15) is 24.5 Å². The van der Waals surface area contributed by atoms with Crippen molar-refractivity contribution in [2.75, 3.05) is 33.9 Å². The summed E-state index contributed by atoms with van der Waals surface area (Å²) in [6, 6.07) is 5.20. The van der Waals surface area contributed by atoms with Crippen LogP contribution in [0.25, 0.3) is 0 Å². The summed E-state index contributed by atoms with van der Waals surface area (Å²) in [5, 5.41) is 7.06. The van der Waals surface area contributed by atoms with Crippen molar-refractivity contribution in [3.05, 3.63) is 41.7 Å². The van der Waals surface area contributed by atoms with Gasteiger partial charge in [0.1, 0.15) is 0 Å². The minimum Gasteiger partial charge on any atom is -0.493 e. The zero-order valence-electron chi connectivity index (χ0n) is 18.6. The maximum Gasteiger partial charge on any atom is 0.237 e. The first-order valence-electron chi connectivity index (χ1n) is 10.4. The fourth-order valence-electron chi connectivity index (χ4n) is 3.83. The zero-order valence-corrected chi connectivity index (χ0v) is 18.6. The lowest BCUT2D eigenvalue weighted by atomic mass is 10.1. The van der Waals surface area contributed by atoms with Gasteiger partial charge in [-0.15, -0.1) is 0 Å². The average Bonchev–Trinajstić information content (AvgIpc) is 3.18. The molecular weight excluding hydrogens is 398 g/mol. The third-order valence-electron chi connectivity index (χ3n) is 5.51. The quantitative estimate of drug-likeness (QED) is 0.644. The molecule has 0 spiro atoms. The van der Waals surface area contributed by atoms with Crippen molar-refractivity contribution >= 4 is 11.8 Å². The van der Waals surface area contributed by atoms with Crippen molar-refractivity contribution in [2.45, 2.75) is 32.5 Å². The molecule has 1 aromatic carbocycles. The molecule has 0 saturated carbocycles. The Labute approximate surface area is 182 Å². The number of carbonyl (C=O) groups is 2. The van der Waals surface area contributed by atoms with Crippen molar-refractivity contribution < 1.29 is 19.1 Å². The highest BCUT2D eigenvalue weighted by molar-refractivity contribution is 5.88. The highest BCUT2D eigenvalue weighted by Gasteiger charge is 2.33. The summed E-state index contributed by atoms with van der Waals surface area (Å²) in [5.41, 5.74) is 1.96. The molecule has 9 nitrogen and oxygen atoms in total. The maximum absolute atomic E-state index is 13.0. The summed E-state index contributed by atoms with van der Waals surface area (Å²) >= 11 is 0. The number of hydrogen-bond acceptors (Lipinski definition) is 6. The largest absolute Gasteiger partial charge is 0.493 e. The second kappa shape index (κ2) is 10.3. The van der Waals surface area contributed by atoms with Gasteiger partial charge in [-0.3, -0.25) is 19.2 Å². The third-order valence-corrected chi connectivity index (χ3v) is 5.51. The van der Waals surface area contributed by atoms with E-state index >= 15 is 0 Å². The Bertz CT molecular complexity index is 913. The summed E-state index contributed by atoms with van der Waals surface area (Å²) in [6.45, 7) is 4.76. The van der Waals surface area contributed by atoms with Gasteiger partial charge in [-0.2, -0.15) is 5.10 Å². The zero-order chi connectivity index (χ0) is 22.4. The van der Waals surface area contributed by atoms with Gasteiger partial charge in [-0.05, 0) is 24.6 Å². The van der Waals surface area contributed by atoms with Gasteiger partial charge in [-0.25, -0.2) is 0 Å². The van der Waals surface area contributed by atoms with E-state index in [2.05, 4.69) is 15.3 Å². The van der Waals surface area contributed by atoms with Crippen molar-refractivity contribution in [3.63, 3.8) is 0 Å². The summed E-state index contributed by atoms with van der Waals surface area (Å²) in [6.07, 6.45) is 3.78. The van der Waals surface area contributed by atoms with Crippen LogP contribution in [-0.4, -0.2) is 71.3 Å². The molecule has 1 unspecified atom stereocenters. The average molecular weight is 430 g/mol. The van der Waals surface area contributed by atoms with Crippen LogP contribution in [0.15, 0.2) is 30.6 Å². The van der Waals surface area contributed by atoms with Crippen LogP contribution in [0, 0.1) is 0 Å². The fourth-order valence-corrected chi connectivity index (χ4v) is 3.83. The molecule has 2 aromatic rings. The van der Waals surface area contributed by atoms with Crippen molar-refractivity contribution in [1.29, 1.82) is 0 Å². The SMILES string of the molecule is CCN(Cc1cnn(C)c1)C(=O)CC1C(=O)NCCN1Cc1ccc(OC)c(OC)c1. The van der Waals surface area contributed by atoms with Crippen LogP contribution in [0.3, 0.4) is 0 Å². The molecule has 3 rings (SSSR count). The van der Waals surface area contributed by atoms with Crippen LogP contribution < -0.4 is 14.8 Å². The molecule has 0 aliphatic carbocycles. The molecule has 168 valence electrons. The lowest BCUT2D eigenvalue weighted by Gasteiger charge is -2.35. The normalized spacial score (nSPS) is 16.6. The number of piperazine rings is 1. The summed E-state index contributed by atoms with van der Waals surface area (Å²) in [4.78, 5) is 29.5. The van der Waals surface area contributed by atoms with E-state index in [4.69, 9.17) is 9.47 Å². The molecule has 1 N–H and O–H groups in total. The van der Waals surface area contributed by atoms with Crippen LogP contribution in [0.5, 0.6) is 11.5 Å². The van der Waals surface area contributed by atoms with Gasteiger partial charge in [0.05, 0.1) is 32.9 Å². The van der Waals surface area contributed by atoms with E-state index in [-0.39, 0.29) is 18.2 Å². The standard InChI is InChI=1S/C22H31N5O4/c1-5-26(15-17-12-24-25(2)13-17)21(28)11-18-22(29)23-8-9-27(18)14-16-6-7-19(30-3)20(10-16)31-4/h6-7,10,12-13,18H,5,8-9,11,14-15H2,1-4H3,(H,23,29). The lowest BCUT2D eigenvalue weighted by molar-refractivity contribution is -0.139. The Morgan fingerprint density at radius 1 is 1.26 bits per heavy atom. The Balaban J connectivity index is 1.71. The molecule has 1 atom stereocenters. The van der Waals surface area contributed by atoms with Crippen LogP contribution >= 0.6 is 0 Å². The topological polar surface area (TPSA) is 88.9 Å². The lowest BCUT2D eigenvalue weighted by Crippen LogP contribution is -2.56. The second-order valence-electron chi connectivity index (χ2n) is 7.60. The van der Waals surface area contributed by atoms with Gasteiger partial charge in [0.25, 0.3) is 0 Å². The fraction of sp³-hybridized carbons (Fsp3) is 0.500. The Morgan fingerprint density at radius 2 is 2.03 bits per heavy atom. The number of hydrogen-bond donors (Lipinski definition) is 1. The van der Waals surface area contributed by atoms with Crippen LogP contribution in [-0.2, 0) is 29.7 Å². The number of nitrogens with zero attached hydrogens (tertiary/aromatic N) is 4. The molecule has 2 amide bonds. The number of carbonyl (C=O) groups excluding carboxylic acids is 2. The monoisotopic (exact) mass is 429 g/mol. The van der Waals surface area contributed by atoms with E-state index < -0.39 is 6.04 Å². The molecule has 2 heterocycles. The molecule has 1 fully saturated rings. The number of ether oxygens (including phenoxy) is 2. The van der Waals surface area contributed by atoms with Gasteiger partial charge in [0, 0.05) is 51.5 Å². The van der Waals surface area contributed by atoms with Gasteiger partial charge in [0.15, 0.2) is 11.5 Å². The number of amides is 2. The predicted molar refractivity (Wildman–Crippen MR) is 116 cm³/mol. The predicted octanol–water partition coefficient (Wildman–Crippen LogP) is 1.18. The first-order chi connectivity index (χ1) is 14.9. The minimum atomic E-state index is -0.516. The van der Waals surface area contributed by atoms with Crippen molar-refractivity contribution in [3.8, 4) is 11.5 Å². The molecule has 1 aromatic heterocycles. The second-order valence-corrected chi connectivity index (χ2v) is 7.60. The van der Waals surface area contributed by atoms with Crippen LogP contribution in [0.2, 0.25) is 0 Å². The summed E-state index contributed by atoms with van der Waals surface area (Å²) < 4.78 is 12.4.